The molecule has 0 aliphatic heterocycles. The van der Waals surface area contributed by atoms with Crippen molar-refractivity contribution < 1.29 is 4.39 Å². The Bertz CT molecular complexity index is 787. The fourth-order valence-electron chi connectivity index (χ4n) is 2.05. The molecule has 0 atom stereocenters. The van der Waals surface area contributed by atoms with E-state index >= 15 is 0 Å². The molecule has 0 bridgehead atoms. The third-order valence-electron chi connectivity index (χ3n) is 3.42. The van der Waals surface area contributed by atoms with Crippen molar-refractivity contribution in [3.05, 3.63) is 41.5 Å². The highest BCUT2D eigenvalue weighted by atomic mass is 32.2. The van der Waals surface area contributed by atoms with Gasteiger partial charge in [-0.2, -0.15) is 0 Å². The molecule has 0 unspecified atom stereocenters. The second-order valence-electron chi connectivity index (χ2n) is 5.31. The lowest BCUT2D eigenvalue weighted by molar-refractivity contribution is 0.540. The van der Waals surface area contributed by atoms with Gasteiger partial charge in [0.25, 0.3) is 0 Å². The first-order valence-electron chi connectivity index (χ1n) is 7.94. The van der Waals surface area contributed by atoms with Gasteiger partial charge in [0.1, 0.15) is 5.82 Å². The number of aryl methyl sites for hydroxylation is 1. The fourth-order valence-corrected chi connectivity index (χ4v) is 3.73. The van der Waals surface area contributed by atoms with Crippen LogP contribution in [-0.4, -0.2) is 30.4 Å². The molecule has 2 aromatic heterocycles. The SMILES string of the molecule is CCCCn1nnnc1CSc1nnc(NCc2ccc(F)cc2)s1. The molecule has 7 nitrogen and oxygen atoms in total. The maximum Gasteiger partial charge on any atom is 0.206 e. The van der Waals surface area contributed by atoms with Gasteiger partial charge in [0.15, 0.2) is 10.2 Å². The van der Waals surface area contributed by atoms with Crippen molar-refractivity contribution in [2.45, 2.75) is 42.9 Å². The lowest BCUT2D eigenvalue weighted by atomic mass is 10.2. The van der Waals surface area contributed by atoms with Crippen LogP contribution in [0.5, 0.6) is 0 Å². The van der Waals surface area contributed by atoms with Crippen LogP contribution >= 0.6 is 23.1 Å². The maximum atomic E-state index is 12.9. The molecule has 0 fully saturated rings. The zero-order valence-corrected chi connectivity index (χ0v) is 15.4. The average molecular weight is 379 g/mol. The van der Waals surface area contributed by atoms with Crippen LogP contribution in [0.15, 0.2) is 28.6 Å². The molecule has 0 saturated carbocycles. The monoisotopic (exact) mass is 379 g/mol. The predicted molar refractivity (Wildman–Crippen MR) is 95.9 cm³/mol. The van der Waals surface area contributed by atoms with Crippen LogP contribution in [0, 0.1) is 5.82 Å². The molecule has 25 heavy (non-hydrogen) atoms. The number of tetrazole rings is 1. The van der Waals surface area contributed by atoms with Crippen LogP contribution in [0.2, 0.25) is 0 Å². The van der Waals surface area contributed by atoms with Crippen molar-refractivity contribution >= 4 is 28.2 Å². The Hall–Kier alpha value is -2.07. The first-order chi connectivity index (χ1) is 12.2. The summed E-state index contributed by atoms with van der Waals surface area (Å²) < 4.78 is 15.6. The molecule has 3 rings (SSSR count). The van der Waals surface area contributed by atoms with Gasteiger partial charge in [0.2, 0.25) is 5.13 Å². The third-order valence-corrected chi connectivity index (χ3v) is 5.43. The highest BCUT2D eigenvalue weighted by Crippen LogP contribution is 2.28. The molecule has 132 valence electrons. The van der Waals surface area contributed by atoms with Gasteiger partial charge < -0.3 is 5.32 Å². The van der Waals surface area contributed by atoms with Crippen molar-refractivity contribution in [3.63, 3.8) is 0 Å². The molecule has 1 N–H and O–H groups in total. The summed E-state index contributed by atoms with van der Waals surface area (Å²) in [4.78, 5) is 0. The van der Waals surface area contributed by atoms with Crippen molar-refractivity contribution in [1.82, 2.24) is 30.4 Å². The van der Waals surface area contributed by atoms with E-state index in [-0.39, 0.29) is 5.82 Å². The molecule has 0 radical (unpaired) electrons. The lowest BCUT2D eigenvalue weighted by Gasteiger charge is -2.02. The molecular weight excluding hydrogens is 361 g/mol. The lowest BCUT2D eigenvalue weighted by Crippen LogP contribution is -2.04. The molecule has 10 heteroatoms. The second-order valence-corrected chi connectivity index (χ2v) is 7.51. The van der Waals surface area contributed by atoms with Gasteiger partial charge in [0, 0.05) is 13.1 Å². The summed E-state index contributed by atoms with van der Waals surface area (Å²) in [6.45, 7) is 3.55. The van der Waals surface area contributed by atoms with Crippen LogP contribution in [0.1, 0.15) is 31.2 Å². The van der Waals surface area contributed by atoms with Crippen LogP contribution in [0.25, 0.3) is 0 Å². The number of halogens is 1. The number of unbranched alkanes of at least 4 members (excludes halogenated alkanes) is 1. The van der Waals surface area contributed by atoms with Crippen LogP contribution in [0.3, 0.4) is 0 Å². The summed E-state index contributed by atoms with van der Waals surface area (Å²) >= 11 is 3.04. The van der Waals surface area contributed by atoms with Gasteiger partial charge in [-0.05, 0) is 34.5 Å². The highest BCUT2D eigenvalue weighted by Gasteiger charge is 2.10. The third kappa shape index (κ3) is 5.20. The molecule has 0 aliphatic carbocycles. The minimum absolute atomic E-state index is 0.236. The summed E-state index contributed by atoms with van der Waals surface area (Å²) in [5, 5.41) is 24.0. The Morgan fingerprint density at radius 2 is 2.04 bits per heavy atom. The Kier molecular flexibility index (Phi) is 6.29. The van der Waals surface area contributed by atoms with Crippen LogP contribution in [0.4, 0.5) is 9.52 Å². The summed E-state index contributed by atoms with van der Waals surface area (Å²) in [5.41, 5.74) is 0.987. The van der Waals surface area contributed by atoms with E-state index in [0.717, 1.165) is 40.2 Å². The molecule has 0 spiro atoms. The van der Waals surface area contributed by atoms with Gasteiger partial charge >= 0.3 is 0 Å². The van der Waals surface area contributed by atoms with E-state index in [1.165, 1.54) is 23.5 Å². The average Bonchev–Trinajstić information content (AvgIpc) is 3.26. The second kappa shape index (κ2) is 8.86. The van der Waals surface area contributed by atoms with Gasteiger partial charge in [-0.25, -0.2) is 9.07 Å². The van der Waals surface area contributed by atoms with Gasteiger partial charge in [-0.3, -0.25) is 0 Å². The molecule has 0 amide bonds. The first-order valence-corrected chi connectivity index (χ1v) is 9.74. The number of hydrogen-bond donors (Lipinski definition) is 1. The van der Waals surface area contributed by atoms with Crippen molar-refractivity contribution in [3.8, 4) is 0 Å². The van der Waals surface area contributed by atoms with Crippen LogP contribution < -0.4 is 5.32 Å². The van der Waals surface area contributed by atoms with E-state index in [4.69, 9.17) is 0 Å². The number of nitrogens with zero attached hydrogens (tertiary/aromatic N) is 6. The Labute approximate surface area is 153 Å². The van der Waals surface area contributed by atoms with E-state index in [1.54, 1.807) is 23.9 Å². The van der Waals surface area contributed by atoms with Crippen molar-refractivity contribution in [1.29, 1.82) is 0 Å². The highest BCUT2D eigenvalue weighted by molar-refractivity contribution is 8.00. The van der Waals surface area contributed by atoms with E-state index in [1.807, 2.05) is 4.68 Å². The Morgan fingerprint density at radius 3 is 2.84 bits per heavy atom. The summed E-state index contributed by atoms with van der Waals surface area (Å²) in [6, 6.07) is 6.38. The fraction of sp³-hybridized carbons (Fsp3) is 0.400. The zero-order chi connectivity index (χ0) is 17.5. The minimum atomic E-state index is -0.236. The summed E-state index contributed by atoms with van der Waals surface area (Å²) in [7, 11) is 0. The number of rotatable bonds is 9. The summed E-state index contributed by atoms with van der Waals surface area (Å²) in [5.74, 6) is 1.26. The number of nitrogens with one attached hydrogen (secondary N) is 1. The van der Waals surface area contributed by atoms with Gasteiger partial charge in [-0.15, -0.1) is 15.3 Å². The largest absolute Gasteiger partial charge is 0.356 e. The quantitative estimate of drug-likeness (QED) is 0.571. The Morgan fingerprint density at radius 1 is 1.20 bits per heavy atom. The number of anilines is 1. The first kappa shape index (κ1) is 17.7. The molecular formula is C15H18FN7S2. The van der Waals surface area contributed by atoms with Gasteiger partial charge in [0.05, 0.1) is 5.75 Å². The van der Waals surface area contributed by atoms with Crippen molar-refractivity contribution in [2.24, 2.45) is 0 Å². The van der Waals surface area contributed by atoms with Crippen molar-refractivity contribution in [2.75, 3.05) is 5.32 Å². The normalized spacial score (nSPS) is 11.0. The van der Waals surface area contributed by atoms with E-state index in [9.17, 15) is 4.39 Å². The van der Waals surface area contributed by atoms with Crippen LogP contribution in [-0.2, 0) is 18.8 Å². The number of benzene rings is 1. The molecule has 1 aromatic carbocycles. The predicted octanol–water partition coefficient (Wildman–Crippen LogP) is 3.37. The van der Waals surface area contributed by atoms with E-state index in [2.05, 4.69) is 38.0 Å². The molecule has 2 heterocycles. The number of aromatic nitrogens is 6. The van der Waals surface area contributed by atoms with E-state index in [0.29, 0.717) is 12.3 Å². The molecule has 0 aliphatic rings. The molecule has 0 saturated heterocycles. The summed E-state index contributed by atoms with van der Waals surface area (Å²) in [6.07, 6.45) is 2.16. The number of hydrogen-bond acceptors (Lipinski definition) is 8. The zero-order valence-electron chi connectivity index (χ0n) is 13.7. The smallest absolute Gasteiger partial charge is 0.206 e. The topological polar surface area (TPSA) is 81.4 Å². The number of thioether (sulfide) groups is 1. The Balaban J connectivity index is 1.50. The standard InChI is InChI=1S/C15H18FN7S2/c1-2-3-8-23-13(18-21-22-23)10-24-15-20-19-14(25-15)17-9-11-4-6-12(16)7-5-11/h4-7H,2-3,8-10H2,1H3,(H,17,19). The minimum Gasteiger partial charge on any atom is -0.356 e. The van der Waals surface area contributed by atoms with Gasteiger partial charge in [-0.1, -0.05) is 48.6 Å². The molecule has 3 aromatic rings. The van der Waals surface area contributed by atoms with E-state index < -0.39 is 0 Å². The maximum absolute atomic E-state index is 12.9.